The van der Waals surface area contributed by atoms with Crippen molar-refractivity contribution in [1.29, 1.82) is 0 Å². The van der Waals surface area contributed by atoms with Gasteiger partial charge in [-0.15, -0.1) is 0 Å². The Kier molecular flexibility index (Phi) is 4.02. The fourth-order valence-electron chi connectivity index (χ4n) is 3.34. The minimum Gasteiger partial charge on any atom is -0.465 e. The first-order valence-corrected chi connectivity index (χ1v) is 7.16. The minimum atomic E-state index is -1.17. The maximum atomic E-state index is 12.4. The molecule has 1 atom stereocenters. The van der Waals surface area contributed by atoms with E-state index in [1.54, 1.807) is 13.8 Å². The van der Waals surface area contributed by atoms with Crippen LogP contribution in [0.25, 0.3) is 0 Å². The van der Waals surface area contributed by atoms with Gasteiger partial charge in [-0.1, -0.05) is 23.3 Å². The predicted octanol–water partition coefficient (Wildman–Crippen LogP) is 2.79. The molecule has 1 unspecified atom stereocenters. The van der Waals surface area contributed by atoms with E-state index in [-0.39, 0.29) is 19.1 Å². The second-order valence-corrected chi connectivity index (χ2v) is 5.60. The molecule has 0 aliphatic heterocycles. The molecule has 1 saturated carbocycles. The van der Waals surface area contributed by atoms with Crippen LogP contribution in [-0.2, 0) is 19.1 Å². The van der Waals surface area contributed by atoms with Crippen LogP contribution in [0.15, 0.2) is 23.3 Å². The molecule has 0 aromatic carbocycles. The van der Waals surface area contributed by atoms with Gasteiger partial charge in [0.2, 0.25) is 0 Å². The number of hydrogen-bond acceptors (Lipinski definition) is 4. The Labute approximate surface area is 119 Å². The van der Waals surface area contributed by atoms with Gasteiger partial charge in [0, 0.05) is 5.92 Å². The SMILES string of the molecule is C=C1CC(C)=C2CC(C(=O)OCC)(C(=O)OCC)CC12. The minimum absolute atomic E-state index is 0.129. The summed E-state index contributed by atoms with van der Waals surface area (Å²) in [6.07, 6.45) is 1.73. The van der Waals surface area contributed by atoms with E-state index in [4.69, 9.17) is 9.47 Å². The number of ether oxygens (including phenoxy) is 2. The highest BCUT2D eigenvalue weighted by molar-refractivity contribution is 6.01. The highest BCUT2D eigenvalue weighted by atomic mass is 16.6. The van der Waals surface area contributed by atoms with Crippen molar-refractivity contribution in [2.24, 2.45) is 11.3 Å². The Balaban J connectivity index is 2.36. The molecule has 0 N–H and O–H groups in total. The van der Waals surface area contributed by atoms with Gasteiger partial charge in [0.05, 0.1) is 13.2 Å². The molecule has 2 rings (SSSR count). The molecular formula is C16H22O4. The lowest BCUT2D eigenvalue weighted by Gasteiger charge is -2.24. The van der Waals surface area contributed by atoms with Gasteiger partial charge < -0.3 is 9.47 Å². The molecule has 110 valence electrons. The average Bonchev–Trinajstić information content (AvgIpc) is 2.91. The number of rotatable bonds is 4. The summed E-state index contributed by atoms with van der Waals surface area (Å²) in [4.78, 5) is 24.7. The Bertz CT molecular complexity index is 469. The van der Waals surface area contributed by atoms with Crippen LogP contribution >= 0.6 is 0 Å². The second kappa shape index (κ2) is 5.43. The van der Waals surface area contributed by atoms with Gasteiger partial charge in [-0.05, 0) is 40.0 Å². The van der Waals surface area contributed by atoms with Crippen molar-refractivity contribution in [2.45, 2.75) is 40.0 Å². The molecule has 2 aliphatic rings. The van der Waals surface area contributed by atoms with Gasteiger partial charge in [0.1, 0.15) is 0 Å². The van der Waals surface area contributed by atoms with Gasteiger partial charge in [-0.25, -0.2) is 0 Å². The fraction of sp³-hybridized carbons (Fsp3) is 0.625. The van der Waals surface area contributed by atoms with Crippen molar-refractivity contribution in [1.82, 2.24) is 0 Å². The average molecular weight is 278 g/mol. The molecule has 4 nitrogen and oxygen atoms in total. The first kappa shape index (κ1) is 14.8. The van der Waals surface area contributed by atoms with E-state index in [2.05, 4.69) is 6.58 Å². The standard InChI is InChI=1S/C16H22O4/c1-5-19-14(17)16(15(18)20-6-2)8-12-10(3)7-11(4)13(12)9-16/h12H,3,5-9H2,1-2,4H3. The van der Waals surface area contributed by atoms with Crippen LogP contribution in [0.1, 0.15) is 40.0 Å². The molecule has 0 radical (unpaired) electrons. The van der Waals surface area contributed by atoms with Gasteiger partial charge in [0.25, 0.3) is 0 Å². The number of allylic oxidation sites excluding steroid dienone is 3. The highest BCUT2D eigenvalue weighted by Crippen LogP contribution is 2.55. The molecule has 0 bridgehead atoms. The summed E-state index contributed by atoms with van der Waals surface area (Å²) < 4.78 is 10.3. The van der Waals surface area contributed by atoms with E-state index in [1.165, 1.54) is 11.1 Å². The number of carbonyl (C=O) groups is 2. The monoisotopic (exact) mass is 278 g/mol. The van der Waals surface area contributed by atoms with Crippen LogP contribution in [-0.4, -0.2) is 25.2 Å². The summed E-state index contributed by atoms with van der Waals surface area (Å²) in [5, 5.41) is 0. The summed E-state index contributed by atoms with van der Waals surface area (Å²) in [5.41, 5.74) is 2.33. The zero-order chi connectivity index (χ0) is 14.9. The summed E-state index contributed by atoms with van der Waals surface area (Å²) in [6.45, 7) is 10.2. The molecule has 4 heteroatoms. The van der Waals surface area contributed by atoms with Crippen LogP contribution in [0.2, 0.25) is 0 Å². The smallest absolute Gasteiger partial charge is 0.323 e. The van der Waals surface area contributed by atoms with Crippen molar-refractivity contribution >= 4 is 11.9 Å². The van der Waals surface area contributed by atoms with E-state index in [1.807, 2.05) is 6.92 Å². The third kappa shape index (κ3) is 2.17. The topological polar surface area (TPSA) is 52.6 Å². The summed E-state index contributed by atoms with van der Waals surface area (Å²) >= 11 is 0. The highest BCUT2D eigenvalue weighted by Gasteiger charge is 2.57. The third-order valence-corrected chi connectivity index (χ3v) is 4.33. The normalized spacial score (nSPS) is 23.8. The molecule has 0 aromatic heterocycles. The number of hydrogen-bond donors (Lipinski definition) is 0. The molecule has 0 amide bonds. The molecule has 2 aliphatic carbocycles. The number of fused-ring (bicyclic) bond motifs is 1. The molecule has 0 saturated heterocycles. The predicted molar refractivity (Wildman–Crippen MR) is 74.9 cm³/mol. The van der Waals surface area contributed by atoms with Crippen LogP contribution in [0.4, 0.5) is 0 Å². The van der Waals surface area contributed by atoms with Crippen molar-refractivity contribution in [3.8, 4) is 0 Å². The fourth-order valence-corrected chi connectivity index (χ4v) is 3.34. The first-order chi connectivity index (χ1) is 9.46. The Morgan fingerprint density at radius 1 is 1.25 bits per heavy atom. The van der Waals surface area contributed by atoms with Crippen molar-refractivity contribution < 1.29 is 19.1 Å². The quantitative estimate of drug-likeness (QED) is 0.451. The Hall–Kier alpha value is -1.58. The molecule has 20 heavy (non-hydrogen) atoms. The van der Waals surface area contributed by atoms with E-state index in [9.17, 15) is 9.59 Å². The summed E-state index contributed by atoms with van der Waals surface area (Å²) in [6, 6.07) is 0. The molecule has 0 spiro atoms. The van der Waals surface area contributed by atoms with E-state index < -0.39 is 17.4 Å². The van der Waals surface area contributed by atoms with Crippen LogP contribution in [0, 0.1) is 11.3 Å². The van der Waals surface area contributed by atoms with Crippen molar-refractivity contribution in [3.63, 3.8) is 0 Å². The van der Waals surface area contributed by atoms with E-state index in [0.717, 1.165) is 12.0 Å². The lowest BCUT2D eigenvalue weighted by molar-refractivity contribution is -0.171. The molecular weight excluding hydrogens is 256 g/mol. The number of esters is 2. The Morgan fingerprint density at radius 3 is 2.25 bits per heavy atom. The zero-order valence-corrected chi connectivity index (χ0v) is 12.5. The summed E-state index contributed by atoms with van der Waals surface area (Å²) in [7, 11) is 0. The van der Waals surface area contributed by atoms with Crippen molar-refractivity contribution in [2.75, 3.05) is 13.2 Å². The maximum Gasteiger partial charge on any atom is 0.323 e. The largest absolute Gasteiger partial charge is 0.465 e. The lowest BCUT2D eigenvalue weighted by atomic mass is 9.83. The third-order valence-electron chi connectivity index (χ3n) is 4.33. The van der Waals surface area contributed by atoms with Crippen LogP contribution in [0.3, 0.4) is 0 Å². The first-order valence-electron chi connectivity index (χ1n) is 7.16. The van der Waals surface area contributed by atoms with Gasteiger partial charge in [0.15, 0.2) is 5.41 Å². The molecule has 1 fully saturated rings. The van der Waals surface area contributed by atoms with Crippen LogP contribution < -0.4 is 0 Å². The summed E-state index contributed by atoms with van der Waals surface area (Å²) in [5.74, 6) is -0.786. The lowest BCUT2D eigenvalue weighted by Crippen LogP contribution is -2.40. The number of carbonyl (C=O) groups excluding carboxylic acids is 2. The van der Waals surface area contributed by atoms with Gasteiger partial charge in [-0.3, -0.25) is 9.59 Å². The van der Waals surface area contributed by atoms with Gasteiger partial charge in [-0.2, -0.15) is 0 Å². The molecule has 0 heterocycles. The van der Waals surface area contributed by atoms with Crippen LogP contribution in [0.5, 0.6) is 0 Å². The maximum absolute atomic E-state index is 12.4. The Morgan fingerprint density at radius 2 is 1.80 bits per heavy atom. The van der Waals surface area contributed by atoms with E-state index in [0.29, 0.717) is 12.8 Å². The molecule has 0 aromatic rings. The van der Waals surface area contributed by atoms with Crippen molar-refractivity contribution in [3.05, 3.63) is 23.3 Å². The zero-order valence-electron chi connectivity index (χ0n) is 12.5. The van der Waals surface area contributed by atoms with E-state index >= 15 is 0 Å². The van der Waals surface area contributed by atoms with Gasteiger partial charge >= 0.3 is 11.9 Å². The second-order valence-electron chi connectivity index (χ2n) is 5.60.